The molecule has 1 unspecified atom stereocenters. The molecular weight excluding hydrogens is 208 g/mol. The molecule has 1 atom stereocenters. The van der Waals surface area contributed by atoms with Crippen molar-refractivity contribution in [2.45, 2.75) is 25.8 Å². The number of anilines is 1. The summed E-state index contributed by atoms with van der Waals surface area (Å²) >= 11 is 6.20. The van der Waals surface area contributed by atoms with Crippen LogP contribution in [0.25, 0.3) is 0 Å². The Morgan fingerprint density at radius 2 is 2.00 bits per heavy atom. The van der Waals surface area contributed by atoms with Crippen molar-refractivity contribution in [2.24, 2.45) is 5.73 Å². The third-order valence-electron chi connectivity index (χ3n) is 2.95. The second kappa shape index (κ2) is 4.42. The number of hydrogen-bond acceptors (Lipinski definition) is 2. The second-order valence-electron chi connectivity index (χ2n) is 4.19. The summed E-state index contributed by atoms with van der Waals surface area (Å²) in [5.41, 5.74) is 8.07. The minimum Gasteiger partial charge on any atom is -0.371 e. The average Bonchev–Trinajstić information content (AvgIpc) is 2.69. The third kappa shape index (κ3) is 2.27. The van der Waals surface area contributed by atoms with Crippen molar-refractivity contribution in [1.29, 1.82) is 0 Å². The van der Waals surface area contributed by atoms with E-state index in [9.17, 15) is 0 Å². The molecule has 0 amide bonds. The Hall–Kier alpha value is -0.730. The van der Waals surface area contributed by atoms with Gasteiger partial charge in [-0.1, -0.05) is 17.7 Å². The first-order valence-corrected chi connectivity index (χ1v) is 5.86. The van der Waals surface area contributed by atoms with Crippen molar-refractivity contribution < 1.29 is 0 Å². The SMILES string of the molecule is CC(N)c1ccc(N2CCCC2)cc1Cl. The number of nitrogens with zero attached hydrogens (tertiary/aromatic N) is 1. The fourth-order valence-corrected chi connectivity index (χ4v) is 2.40. The molecule has 0 aliphatic carbocycles. The van der Waals surface area contributed by atoms with Crippen LogP contribution < -0.4 is 10.6 Å². The van der Waals surface area contributed by atoms with Crippen molar-refractivity contribution in [3.05, 3.63) is 28.8 Å². The lowest BCUT2D eigenvalue weighted by atomic mass is 10.1. The van der Waals surface area contributed by atoms with Gasteiger partial charge in [0.05, 0.1) is 0 Å². The number of hydrogen-bond donors (Lipinski definition) is 1. The van der Waals surface area contributed by atoms with Gasteiger partial charge in [-0.25, -0.2) is 0 Å². The Kier molecular flexibility index (Phi) is 3.17. The molecule has 2 N–H and O–H groups in total. The van der Waals surface area contributed by atoms with Gasteiger partial charge < -0.3 is 10.6 Å². The Bertz CT molecular complexity index is 343. The molecule has 0 spiro atoms. The number of halogens is 1. The summed E-state index contributed by atoms with van der Waals surface area (Å²) < 4.78 is 0. The molecule has 0 aromatic heterocycles. The largest absolute Gasteiger partial charge is 0.371 e. The van der Waals surface area contributed by atoms with E-state index in [2.05, 4.69) is 11.0 Å². The molecule has 3 heteroatoms. The van der Waals surface area contributed by atoms with Crippen LogP contribution in [0.3, 0.4) is 0 Å². The highest BCUT2D eigenvalue weighted by atomic mass is 35.5. The van der Waals surface area contributed by atoms with Crippen molar-refractivity contribution in [3.63, 3.8) is 0 Å². The molecule has 1 saturated heterocycles. The molecule has 2 rings (SSSR count). The van der Waals surface area contributed by atoms with Crippen molar-refractivity contribution >= 4 is 17.3 Å². The highest BCUT2D eigenvalue weighted by Crippen LogP contribution is 2.28. The lowest BCUT2D eigenvalue weighted by Crippen LogP contribution is -2.17. The highest BCUT2D eigenvalue weighted by Gasteiger charge is 2.14. The van der Waals surface area contributed by atoms with Crippen molar-refractivity contribution in [1.82, 2.24) is 0 Å². The van der Waals surface area contributed by atoms with E-state index < -0.39 is 0 Å². The quantitative estimate of drug-likeness (QED) is 0.837. The van der Waals surface area contributed by atoms with E-state index in [4.69, 9.17) is 17.3 Å². The van der Waals surface area contributed by atoms with E-state index >= 15 is 0 Å². The van der Waals surface area contributed by atoms with E-state index in [-0.39, 0.29) is 6.04 Å². The second-order valence-corrected chi connectivity index (χ2v) is 4.60. The molecule has 1 aliphatic rings. The monoisotopic (exact) mass is 224 g/mol. The first kappa shape index (κ1) is 10.8. The van der Waals surface area contributed by atoms with Gasteiger partial charge in [0.15, 0.2) is 0 Å². The lowest BCUT2D eigenvalue weighted by molar-refractivity contribution is 0.817. The van der Waals surface area contributed by atoms with Crippen LogP contribution in [0.4, 0.5) is 5.69 Å². The molecule has 0 bridgehead atoms. The minimum absolute atomic E-state index is 0.00475. The Morgan fingerprint density at radius 1 is 1.33 bits per heavy atom. The van der Waals surface area contributed by atoms with E-state index in [0.717, 1.165) is 23.7 Å². The van der Waals surface area contributed by atoms with E-state index in [1.54, 1.807) is 0 Å². The molecule has 15 heavy (non-hydrogen) atoms. The van der Waals surface area contributed by atoms with Gasteiger partial charge >= 0.3 is 0 Å². The molecule has 2 nitrogen and oxygen atoms in total. The zero-order valence-corrected chi connectivity index (χ0v) is 9.80. The number of benzene rings is 1. The van der Waals surface area contributed by atoms with Crippen LogP contribution >= 0.6 is 11.6 Å². The summed E-state index contributed by atoms with van der Waals surface area (Å²) in [5, 5.41) is 0.786. The smallest absolute Gasteiger partial charge is 0.0474 e. The fourth-order valence-electron chi connectivity index (χ4n) is 2.06. The highest BCUT2D eigenvalue weighted by molar-refractivity contribution is 6.31. The van der Waals surface area contributed by atoms with Crippen LogP contribution in [0.2, 0.25) is 5.02 Å². The Labute approximate surface area is 96.0 Å². The summed E-state index contributed by atoms with van der Waals surface area (Å²) in [6.07, 6.45) is 2.57. The van der Waals surface area contributed by atoms with E-state index in [1.807, 2.05) is 19.1 Å². The van der Waals surface area contributed by atoms with Gasteiger partial charge in [-0.05, 0) is 37.5 Å². The number of nitrogens with two attached hydrogens (primary N) is 1. The molecule has 1 fully saturated rings. The van der Waals surface area contributed by atoms with Crippen LogP contribution in [-0.4, -0.2) is 13.1 Å². The third-order valence-corrected chi connectivity index (χ3v) is 3.27. The van der Waals surface area contributed by atoms with Crippen LogP contribution in [0.15, 0.2) is 18.2 Å². The Balaban J connectivity index is 2.24. The Morgan fingerprint density at radius 3 is 2.53 bits per heavy atom. The average molecular weight is 225 g/mol. The van der Waals surface area contributed by atoms with Gasteiger partial charge in [-0.2, -0.15) is 0 Å². The summed E-state index contributed by atoms with van der Waals surface area (Å²) in [6, 6.07) is 6.20. The van der Waals surface area contributed by atoms with Crippen LogP contribution in [0.5, 0.6) is 0 Å². The summed E-state index contributed by atoms with van der Waals surface area (Å²) in [6.45, 7) is 4.25. The van der Waals surface area contributed by atoms with Gasteiger partial charge in [-0.15, -0.1) is 0 Å². The van der Waals surface area contributed by atoms with Crippen LogP contribution in [0.1, 0.15) is 31.4 Å². The summed E-state index contributed by atoms with van der Waals surface area (Å²) in [5.74, 6) is 0. The minimum atomic E-state index is 0.00475. The molecule has 1 aromatic carbocycles. The zero-order valence-electron chi connectivity index (χ0n) is 9.04. The molecule has 0 saturated carbocycles. The fraction of sp³-hybridized carbons (Fsp3) is 0.500. The van der Waals surface area contributed by atoms with E-state index in [1.165, 1.54) is 18.5 Å². The normalized spacial score (nSPS) is 18.2. The zero-order chi connectivity index (χ0) is 10.8. The van der Waals surface area contributed by atoms with Crippen LogP contribution in [0, 0.1) is 0 Å². The predicted molar refractivity (Wildman–Crippen MR) is 65.5 cm³/mol. The summed E-state index contributed by atoms with van der Waals surface area (Å²) in [7, 11) is 0. The molecule has 1 aromatic rings. The molecule has 82 valence electrons. The maximum absolute atomic E-state index is 6.20. The molecular formula is C12H17ClN2. The molecule has 0 radical (unpaired) electrons. The maximum Gasteiger partial charge on any atom is 0.0474 e. The van der Waals surface area contributed by atoms with Gasteiger partial charge in [0.25, 0.3) is 0 Å². The first-order valence-electron chi connectivity index (χ1n) is 5.48. The van der Waals surface area contributed by atoms with Gasteiger partial charge in [0.2, 0.25) is 0 Å². The van der Waals surface area contributed by atoms with Crippen molar-refractivity contribution in [3.8, 4) is 0 Å². The van der Waals surface area contributed by atoms with Gasteiger partial charge in [0.1, 0.15) is 0 Å². The number of rotatable bonds is 2. The predicted octanol–water partition coefficient (Wildman–Crippen LogP) is 2.96. The van der Waals surface area contributed by atoms with Gasteiger partial charge in [0, 0.05) is 29.8 Å². The van der Waals surface area contributed by atoms with Gasteiger partial charge in [-0.3, -0.25) is 0 Å². The van der Waals surface area contributed by atoms with Crippen LogP contribution in [-0.2, 0) is 0 Å². The maximum atomic E-state index is 6.20. The standard InChI is InChI=1S/C12H17ClN2/c1-9(14)11-5-4-10(8-12(11)13)15-6-2-3-7-15/h4-5,8-9H,2-3,6-7,14H2,1H3. The first-order chi connectivity index (χ1) is 7.18. The lowest BCUT2D eigenvalue weighted by Gasteiger charge is -2.19. The van der Waals surface area contributed by atoms with E-state index in [0.29, 0.717) is 0 Å². The molecule has 1 heterocycles. The molecule has 1 aliphatic heterocycles. The van der Waals surface area contributed by atoms with Crippen molar-refractivity contribution in [2.75, 3.05) is 18.0 Å². The summed E-state index contributed by atoms with van der Waals surface area (Å²) in [4.78, 5) is 2.37. The topological polar surface area (TPSA) is 29.3 Å².